The molecule has 0 radical (unpaired) electrons. The van der Waals surface area contributed by atoms with Gasteiger partial charge in [0.05, 0.1) is 0 Å². The first kappa shape index (κ1) is 18.1. The van der Waals surface area contributed by atoms with Gasteiger partial charge in [0, 0.05) is 28.2 Å². The quantitative estimate of drug-likeness (QED) is 0.739. The Morgan fingerprint density at radius 3 is 1.57 bits per heavy atom. The normalized spacial score (nSPS) is 11.5. The fraction of sp³-hybridized carbons (Fsp3) is 0.294. The first-order chi connectivity index (χ1) is 9.57. The zero-order chi connectivity index (χ0) is 14.6. The van der Waals surface area contributed by atoms with Crippen LogP contribution in [0.1, 0.15) is 5.56 Å². The van der Waals surface area contributed by atoms with Gasteiger partial charge in [-0.3, -0.25) is 0 Å². The van der Waals surface area contributed by atoms with Gasteiger partial charge in [0.1, 0.15) is 11.5 Å². The molecule has 0 fully saturated rings. The molecule has 0 unspecified atom stereocenters. The third-order valence-electron chi connectivity index (χ3n) is 3.74. The summed E-state index contributed by atoms with van der Waals surface area (Å²) in [6, 6.07) is 21.7. The number of hydrogen-bond acceptors (Lipinski definition) is 2. The van der Waals surface area contributed by atoms with Crippen LogP contribution in [0.4, 0.5) is 0 Å². The second-order valence-corrected chi connectivity index (χ2v) is 9.30. The summed E-state index contributed by atoms with van der Waals surface area (Å²) in [5, 5.41) is 1.43. The van der Waals surface area contributed by atoms with Crippen LogP contribution in [0.15, 0.2) is 60.7 Å². The van der Waals surface area contributed by atoms with Gasteiger partial charge in [-0.2, -0.15) is 9.34 Å². The molecule has 0 aliphatic rings. The van der Waals surface area contributed by atoms with Crippen LogP contribution < -0.4 is 17.7 Å². The van der Waals surface area contributed by atoms with Crippen LogP contribution in [0.2, 0.25) is 0 Å². The SMILES string of the molecule is CN(C)[P+](Cc1ccccc1)(c1ccccc1)N(C)C.[Cl-]. The van der Waals surface area contributed by atoms with E-state index in [9.17, 15) is 0 Å². The molecule has 0 bridgehead atoms. The summed E-state index contributed by atoms with van der Waals surface area (Å²) in [7, 11) is 7.24. The van der Waals surface area contributed by atoms with Crippen LogP contribution in [0.5, 0.6) is 0 Å². The number of hydrogen-bond donors (Lipinski definition) is 0. The molecular weight excluding hydrogens is 299 g/mol. The zero-order valence-corrected chi connectivity index (χ0v) is 14.9. The summed E-state index contributed by atoms with van der Waals surface area (Å²) >= 11 is 0. The summed E-state index contributed by atoms with van der Waals surface area (Å²) in [5.41, 5.74) is 1.40. The lowest BCUT2D eigenvalue weighted by Crippen LogP contribution is -3.00. The lowest BCUT2D eigenvalue weighted by Gasteiger charge is -2.36. The average Bonchev–Trinajstić information content (AvgIpc) is 2.46. The van der Waals surface area contributed by atoms with Crippen LogP contribution in [0.3, 0.4) is 0 Å². The summed E-state index contributed by atoms with van der Waals surface area (Å²) in [4.78, 5) is 0. The first-order valence-electron chi connectivity index (χ1n) is 6.90. The van der Waals surface area contributed by atoms with Crippen LogP contribution in [0.25, 0.3) is 0 Å². The summed E-state index contributed by atoms with van der Waals surface area (Å²) in [6.45, 7) is 0. The van der Waals surface area contributed by atoms with E-state index in [2.05, 4.69) is 98.2 Å². The number of benzene rings is 2. The molecule has 0 aliphatic carbocycles. The van der Waals surface area contributed by atoms with Crippen molar-refractivity contribution in [2.45, 2.75) is 6.16 Å². The molecule has 4 heteroatoms. The molecule has 2 rings (SSSR count). The van der Waals surface area contributed by atoms with E-state index in [0.717, 1.165) is 6.16 Å². The fourth-order valence-corrected chi connectivity index (χ4v) is 6.46. The van der Waals surface area contributed by atoms with E-state index in [1.807, 2.05) is 0 Å². The molecule has 0 heterocycles. The maximum absolute atomic E-state index is 2.41. The van der Waals surface area contributed by atoms with Crippen LogP contribution >= 0.6 is 7.56 Å². The molecule has 0 saturated carbocycles. The highest BCUT2D eigenvalue weighted by molar-refractivity contribution is 7.77. The van der Waals surface area contributed by atoms with Gasteiger partial charge in [-0.15, -0.1) is 0 Å². The van der Waals surface area contributed by atoms with Gasteiger partial charge >= 0.3 is 0 Å². The van der Waals surface area contributed by atoms with E-state index < -0.39 is 7.56 Å². The van der Waals surface area contributed by atoms with E-state index in [-0.39, 0.29) is 12.4 Å². The minimum absolute atomic E-state index is 0. The number of rotatable bonds is 5. The van der Waals surface area contributed by atoms with Crippen LogP contribution in [0, 0.1) is 0 Å². The Bertz CT molecular complexity index is 521. The van der Waals surface area contributed by atoms with Crippen molar-refractivity contribution in [3.8, 4) is 0 Å². The van der Waals surface area contributed by atoms with Gasteiger partial charge < -0.3 is 12.4 Å². The van der Waals surface area contributed by atoms with Crippen molar-refractivity contribution in [3.63, 3.8) is 0 Å². The second kappa shape index (κ2) is 7.91. The first-order valence-corrected chi connectivity index (χ1v) is 8.78. The molecule has 0 spiro atoms. The molecule has 21 heavy (non-hydrogen) atoms. The van der Waals surface area contributed by atoms with Crippen molar-refractivity contribution in [2.24, 2.45) is 0 Å². The van der Waals surface area contributed by atoms with Gasteiger partial charge in [-0.05, 0) is 17.7 Å². The smallest absolute Gasteiger partial charge is 0.189 e. The highest BCUT2D eigenvalue weighted by Crippen LogP contribution is 2.63. The Hall–Kier alpha value is -0.920. The summed E-state index contributed by atoms with van der Waals surface area (Å²) in [5.74, 6) is 0. The van der Waals surface area contributed by atoms with Crippen molar-refractivity contribution in [3.05, 3.63) is 66.2 Å². The maximum atomic E-state index is 2.41. The van der Waals surface area contributed by atoms with Gasteiger partial charge in [0.15, 0.2) is 7.56 Å². The minimum Gasteiger partial charge on any atom is -1.00 e. The largest absolute Gasteiger partial charge is 1.00 e. The van der Waals surface area contributed by atoms with Gasteiger partial charge in [0.25, 0.3) is 0 Å². The van der Waals surface area contributed by atoms with Crippen molar-refractivity contribution in [2.75, 3.05) is 28.2 Å². The lowest BCUT2D eigenvalue weighted by atomic mass is 10.2. The van der Waals surface area contributed by atoms with E-state index in [1.54, 1.807) is 0 Å². The lowest BCUT2D eigenvalue weighted by molar-refractivity contribution is -0.00000425. The highest BCUT2D eigenvalue weighted by Gasteiger charge is 2.46. The Morgan fingerprint density at radius 1 is 0.714 bits per heavy atom. The molecular formula is C17H24ClN2P. The molecule has 2 aromatic carbocycles. The number of nitrogens with zero attached hydrogens (tertiary/aromatic N) is 2. The van der Waals surface area contributed by atoms with Crippen molar-refractivity contribution < 1.29 is 12.4 Å². The van der Waals surface area contributed by atoms with Crippen LogP contribution in [-0.4, -0.2) is 37.5 Å². The monoisotopic (exact) mass is 322 g/mol. The Balaban J connectivity index is 0.00000220. The van der Waals surface area contributed by atoms with E-state index in [1.165, 1.54) is 10.9 Å². The Kier molecular flexibility index (Phi) is 6.83. The van der Waals surface area contributed by atoms with Crippen LogP contribution in [-0.2, 0) is 6.16 Å². The molecule has 114 valence electrons. The van der Waals surface area contributed by atoms with E-state index >= 15 is 0 Å². The molecule has 2 nitrogen and oxygen atoms in total. The third kappa shape index (κ3) is 3.84. The van der Waals surface area contributed by atoms with Crippen molar-refractivity contribution in [1.29, 1.82) is 0 Å². The van der Waals surface area contributed by atoms with Gasteiger partial charge in [0.2, 0.25) is 0 Å². The Labute approximate surface area is 135 Å². The second-order valence-electron chi connectivity index (χ2n) is 5.40. The molecule has 0 N–H and O–H groups in total. The van der Waals surface area contributed by atoms with Gasteiger partial charge in [-0.1, -0.05) is 48.5 Å². The molecule has 0 amide bonds. The third-order valence-corrected chi connectivity index (χ3v) is 8.32. The minimum atomic E-state index is -1.55. The van der Waals surface area contributed by atoms with Crippen molar-refractivity contribution in [1.82, 2.24) is 9.34 Å². The fourth-order valence-electron chi connectivity index (χ4n) is 2.70. The molecule has 0 saturated heterocycles. The predicted octanol–water partition coefficient (Wildman–Crippen LogP) is 0.487. The molecule has 0 aromatic heterocycles. The maximum Gasteiger partial charge on any atom is 0.189 e. The molecule has 2 aromatic rings. The summed E-state index contributed by atoms with van der Waals surface area (Å²) in [6.07, 6.45) is 1.07. The van der Waals surface area contributed by atoms with Gasteiger partial charge in [-0.25, -0.2) is 0 Å². The standard InChI is InChI=1S/C17H24N2P.ClH/c1-18(2)20(19(3)4,17-13-9-6-10-14-17)15-16-11-7-5-8-12-16;/h5-14H,15H2,1-4H3;1H/q+1;/p-1. The number of halogens is 1. The summed E-state index contributed by atoms with van der Waals surface area (Å²) < 4.78 is 4.82. The zero-order valence-electron chi connectivity index (χ0n) is 13.2. The van der Waals surface area contributed by atoms with Crippen molar-refractivity contribution >= 4 is 12.9 Å². The average molecular weight is 323 g/mol. The topological polar surface area (TPSA) is 6.48 Å². The molecule has 0 atom stereocenters. The Morgan fingerprint density at radius 2 is 1.14 bits per heavy atom. The molecule has 0 aliphatic heterocycles. The highest BCUT2D eigenvalue weighted by atomic mass is 35.5. The predicted molar refractivity (Wildman–Crippen MR) is 90.5 cm³/mol. The van der Waals surface area contributed by atoms with E-state index in [4.69, 9.17) is 0 Å². The van der Waals surface area contributed by atoms with E-state index in [0.29, 0.717) is 0 Å².